The van der Waals surface area contributed by atoms with E-state index >= 15 is 0 Å². The number of benzene rings is 1. The van der Waals surface area contributed by atoms with E-state index in [0.717, 1.165) is 5.56 Å². The predicted molar refractivity (Wildman–Crippen MR) is 64.4 cm³/mol. The molecule has 0 saturated heterocycles. The van der Waals surface area contributed by atoms with E-state index in [9.17, 15) is 4.79 Å². The number of nitrogens with zero attached hydrogens (tertiary/aromatic N) is 2. The van der Waals surface area contributed by atoms with Gasteiger partial charge in [-0.15, -0.1) is 0 Å². The van der Waals surface area contributed by atoms with E-state index in [0.29, 0.717) is 17.1 Å². The van der Waals surface area contributed by atoms with Gasteiger partial charge < -0.3 is 9.30 Å². The van der Waals surface area contributed by atoms with E-state index in [-0.39, 0.29) is 5.78 Å². The average molecular weight is 230 g/mol. The number of methoxy groups -OCH3 is 1. The van der Waals surface area contributed by atoms with Gasteiger partial charge in [-0.1, -0.05) is 6.07 Å². The van der Waals surface area contributed by atoms with Crippen LogP contribution in [0.25, 0.3) is 0 Å². The van der Waals surface area contributed by atoms with Crippen LogP contribution in [-0.4, -0.2) is 22.4 Å². The molecule has 4 heteroatoms. The summed E-state index contributed by atoms with van der Waals surface area (Å²) >= 11 is 0. The molecule has 1 heterocycles. The lowest BCUT2D eigenvalue weighted by atomic mass is 10.1. The molecule has 0 N–H and O–H groups in total. The van der Waals surface area contributed by atoms with Gasteiger partial charge in [-0.05, 0) is 24.6 Å². The molecular formula is C13H14N2O2. The maximum Gasteiger partial charge on any atom is 0.232 e. The summed E-state index contributed by atoms with van der Waals surface area (Å²) in [6, 6.07) is 5.50. The van der Waals surface area contributed by atoms with Crippen molar-refractivity contribution in [3.05, 3.63) is 47.5 Å². The largest absolute Gasteiger partial charge is 0.496 e. The van der Waals surface area contributed by atoms with Crippen LogP contribution in [0.1, 0.15) is 21.7 Å². The van der Waals surface area contributed by atoms with Crippen molar-refractivity contribution in [3.8, 4) is 5.75 Å². The minimum absolute atomic E-state index is 0.130. The topological polar surface area (TPSA) is 44.1 Å². The van der Waals surface area contributed by atoms with Crippen molar-refractivity contribution in [2.45, 2.75) is 6.92 Å². The number of imidazole rings is 1. The molecule has 2 aromatic rings. The van der Waals surface area contributed by atoms with Gasteiger partial charge in [-0.25, -0.2) is 4.98 Å². The summed E-state index contributed by atoms with van der Waals surface area (Å²) in [6.07, 6.45) is 3.35. The van der Waals surface area contributed by atoms with E-state index in [1.807, 2.05) is 19.1 Å². The van der Waals surface area contributed by atoms with Crippen molar-refractivity contribution in [1.29, 1.82) is 0 Å². The third-order valence-electron chi connectivity index (χ3n) is 2.63. The second kappa shape index (κ2) is 4.41. The Kier molecular flexibility index (Phi) is 2.95. The second-order valence-electron chi connectivity index (χ2n) is 3.89. The molecule has 2 rings (SSSR count). The number of ether oxygens (including phenoxy) is 1. The van der Waals surface area contributed by atoms with Gasteiger partial charge in [-0.3, -0.25) is 4.79 Å². The fourth-order valence-corrected chi connectivity index (χ4v) is 1.69. The van der Waals surface area contributed by atoms with Gasteiger partial charge >= 0.3 is 0 Å². The molecule has 88 valence electrons. The van der Waals surface area contributed by atoms with Gasteiger partial charge in [0.05, 0.1) is 12.7 Å². The molecule has 0 bridgehead atoms. The number of ketones is 1. The van der Waals surface area contributed by atoms with Gasteiger partial charge in [0.25, 0.3) is 0 Å². The van der Waals surface area contributed by atoms with E-state index in [4.69, 9.17) is 4.74 Å². The van der Waals surface area contributed by atoms with Gasteiger partial charge in [0.15, 0.2) is 5.82 Å². The predicted octanol–water partition coefficient (Wildman–Crippen LogP) is 1.97. The molecule has 0 unspecified atom stereocenters. The summed E-state index contributed by atoms with van der Waals surface area (Å²) in [4.78, 5) is 16.3. The molecule has 17 heavy (non-hydrogen) atoms. The van der Waals surface area contributed by atoms with Gasteiger partial charge in [0.2, 0.25) is 5.78 Å². The molecule has 1 aromatic carbocycles. The number of aromatic nitrogens is 2. The summed E-state index contributed by atoms with van der Waals surface area (Å²) < 4.78 is 6.92. The summed E-state index contributed by atoms with van der Waals surface area (Å²) in [5.74, 6) is 0.861. The Morgan fingerprint density at radius 2 is 2.18 bits per heavy atom. The molecule has 0 spiro atoms. The van der Waals surface area contributed by atoms with Gasteiger partial charge in [-0.2, -0.15) is 0 Å². The Hall–Kier alpha value is -2.10. The minimum Gasteiger partial charge on any atom is -0.496 e. The highest BCUT2D eigenvalue weighted by Gasteiger charge is 2.17. The Morgan fingerprint density at radius 1 is 1.41 bits per heavy atom. The normalized spacial score (nSPS) is 10.3. The van der Waals surface area contributed by atoms with E-state index < -0.39 is 0 Å². The van der Waals surface area contributed by atoms with Crippen LogP contribution in [0.15, 0.2) is 30.6 Å². The number of hydrogen-bond donors (Lipinski definition) is 0. The number of rotatable bonds is 3. The van der Waals surface area contributed by atoms with Crippen molar-refractivity contribution >= 4 is 5.78 Å². The van der Waals surface area contributed by atoms with Crippen molar-refractivity contribution in [2.24, 2.45) is 7.05 Å². The standard InChI is InChI=1S/C13H14N2O2/c1-9-4-5-10(11(8-9)17-3)12(16)13-14-6-7-15(13)2/h4-8H,1-3H3. The van der Waals surface area contributed by atoms with Crippen LogP contribution in [0, 0.1) is 6.92 Å². The summed E-state index contributed by atoms with van der Waals surface area (Å²) in [5.41, 5.74) is 1.59. The Labute approximate surface area is 99.9 Å². The van der Waals surface area contributed by atoms with Crippen LogP contribution in [0.5, 0.6) is 5.75 Å². The Bertz CT molecular complexity index is 558. The Morgan fingerprint density at radius 3 is 2.76 bits per heavy atom. The fourth-order valence-electron chi connectivity index (χ4n) is 1.69. The Balaban J connectivity index is 2.48. The maximum absolute atomic E-state index is 12.3. The zero-order valence-electron chi connectivity index (χ0n) is 10.1. The van der Waals surface area contributed by atoms with Crippen LogP contribution >= 0.6 is 0 Å². The SMILES string of the molecule is COc1cc(C)ccc1C(=O)c1nccn1C. The van der Waals surface area contributed by atoms with Crippen LogP contribution in [-0.2, 0) is 7.05 Å². The monoisotopic (exact) mass is 230 g/mol. The number of aryl methyl sites for hydroxylation is 2. The van der Waals surface area contributed by atoms with Crippen molar-refractivity contribution in [1.82, 2.24) is 9.55 Å². The summed E-state index contributed by atoms with van der Waals surface area (Å²) in [6.45, 7) is 1.96. The highest BCUT2D eigenvalue weighted by Crippen LogP contribution is 2.22. The molecule has 0 saturated carbocycles. The molecule has 0 aliphatic carbocycles. The highest BCUT2D eigenvalue weighted by molar-refractivity contribution is 6.08. The summed E-state index contributed by atoms with van der Waals surface area (Å²) in [7, 11) is 3.35. The molecule has 0 radical (unpaired) electrons. The molecular weight excluding hydrogens is 216 g/mol. The molecule has 1 aromatic heterocycles. The molecule has 0 aliphatic heterocycles. The minimum atomic E-state index is -0.130. The zero-order valence-corrected chi connectivity index (χ0v) is 10.1. The molecule has 0 amide bonds. The van der Waals surface area contributed by atoms with Crippen molar-refractivity contribution in [3.63, 3.8) is 0 Å². The first-order valence-corrected chi connectivity index (χ1v) is 5.30. The van der Waals surface area contributed by atoms with E-state index in [1.54, 1.807) is 37.2 Å². The first-order valence-electron chi connectivity index (χ1n) is 5.30. The first kappa shape index (κ1) is 11.4. The molecule has 0 atom stereocenters. The van der Waals surface area contributed by atoms with Crippen LogP contribution < -0.4 is 4.74 Å². The lowest BCUT2D eigenvalue weighted by molar-refractivity contribution is 0.102. The summed E-state index contributed by atoms with van der Waals surface area (Å²) in [5, 5.41) is 0. The lowest BCUT2D eigenvalue weighted by Gasteiger charge is -2.08. The van der Waals surface area contributed by atoms with E-state index in [2.05, 4.69) is 4.98 Å². The second-order valence-corrected chi connectivity index (χ2v) is 3.89. The smallest absolute Gasteiger partial charge is 0.232 e. The number of carbonyl (C=O) groups is 1. The molecule has 0 fully saturated rings. The van der Waals surface area contributed by atoms with Crippen molar-refractivity contribution < 1.29 is 9.53 Å². The lowest BCUT2D eigenvalue weighted by Crippen LogP contribution is -2.10. The quantitative estimate of drug-likeness (QED) is 0.757. The number of hydrogen-bond acceptors (Lipinski definition) is 3. The zero-order chi connectivity index (χ0) is 12.4. The molecule has 4 nitrogen and oxygen atoms in total. The molecule has 0 aliphatic rings. The highest BCUT2D eigenvalue weighted by atomic mass is 16.5. The third-order valence-corrected chi connectivity index (χ3v) is 2.63. The van der Waals surface area contributed by atoms with Gasteiger partial charge in [0.1, 0.15) is 5.75 Å². The maximum atomic E-state index is 12.3. The van der Waals surface area contributed by atoms with Crippen LogP contribution in [0.3, 0.4) is 0 Å². The van der Waals surface area contributed by atoms with Crippen LogP contribution in [0.2, 0.25) is 0 Å². The van der Waals surface area contributed by atoms with Crippen LogP contribution in [0.4, 0.5) is 0 Å². The average Bonchev–Trinajstić information content (AvgIpc) is 2.74. The first-order chi connectivity index (χ1) is 8.13. The number of carbonyl (C=O) groups excluding carboxylic acids is 1. The fraction of sp³-hybridized carbons (Fsp3) is 0.231. The van der Waals surface area contributed by atoms with E-state index in [1.165, 1.54) is 0 Å². The van der Waals surface area contributed by atoms with Gasteiger partial charge in [0, 0.05) is 19.4 Å². The van der Waals surface area contributed by atoms with Crippen molar-refractivity contribution in [2.75, 3.05) is 7.11 Å². The third kappa shape index (κ3) is 2.06.